The molecule has 1 fully saturated rings. The molecule has 1 aliphatic rings. The molecule has 0 aromatic carbocycles. The zero-order chi connectivity index (χ0) is 20.6. The van der Waals surface area contributed by atoms with Crippen molar-refractivity contribution in [3.05, 3.63) is 23.9 Å². The first-order valence-electron chi connectivity index (χ1n) is 9.91. The van der Waals surface area contributed by atoms with Gasteiger partial charge in [-0.25, -0.2) is 9.98 Å². The second-order valence-electron chi connectivity index (χ2n) is 7.69. The van der Waals surface area contributed by atoms with Gasteiger partial charge >= 0.3 is 0 Å². The van der Waals surface area contributed by atoms with Crippen molar-refractivity contribution in [2.24, 2.45) is 16.6 Å². The van der Waals surface area contributed by atoms with E-state index >= 15 is 0 Å². The van der Waals surface area contributed by atoms with Crippen molar-refractivity contribution in [3.8, 4) is 0 Å². The largest absolute Gasteiger partial charge is 0.377 e. The highest BCUT2D eigenvalue weighted by atomic mass is 127. The predicted octanol–water partition coefficient (Wildman–Crippen LogP) is 1.88. The Labute approximate surface area is 191 Å². The van der Waals surface area contributed by atoms with Crippen molar-refractivity contribution in [1.29, 1.82) is 0 Å². The van der Waals surface area contributed by atoms with E-state index in [9.17, 15) is 4.79 Å². The number of nitrogens with one attached hydrogen (secondary N) is 2. The summed E-state index contributed by atoms with van der Waals surface area (Å²) < 4.78 is 5.46. The number of pyridine rings is 1. The molecule has 0 spiro atoms. The van der Waals surface area contributed by atoms with Crippen molar-refractivity contribution < 1.29 is 9.53 Å². The number of piperidine rings is 1. The van der Waals surface area contributed by atoms with Gasteiger partial charge in [0.05, 0.1) is 18.1 Å². The number of carbonyl (C=O) groups excluding carboxylic acids is 1. The van der Waals surface area contributed by atoms with E-state index in [2.05, 4.69) is 20.5 Å². The fraction of sp³-hybridized carbons (Fsp3) is 0.650. The Hall–Kier alpha value is -1.62. The minimum atomic E-state index is -0.284. The van der Waals surface area contributed by atoms with Gasteiger partial charge in [-0.1, -0.05) is 6.07 Å². The number of primary amides is 1. The number of guanidine groups is 1. The average molecular weight is 518 g/mol. The summed E-state index contributed by atoms with van der Waals surface area (Å²) >= 11 is 0. The first-order valence-corrected chi connectivity index (χ1v) is 9.91. The van der Waals surface area contributed by atoms with E-state index < -0.39 is 0 Å². The summed E-state index contributed by atoms with van der Waals surface area (Å²) in [5.74, 6) is 1.25. The van der Waals surface area contributed by atoms with Gasteiger partial charge in [-0.05, 0) is 39.7 Å². The molecule has 0 bridgehead atoms. The van der Waals surface area contributed by atoms with Gasteiger partial charge in [0.25, 0.3) is 0 Å². The number of methoxy groups -OCH3 is 1. The Kier molecular flexibility index (Phi) is 10.7. The fourth-order valence-electron chi connectivity index (χ4n) is 3.11. The number of aromatic nitrogens is 1. The number of amides is 1. The van der Waals surface area contributed by atoms with Crippen LogP contribution in [-0.2, 0) is 16.1 Å². The number of ether oxygens (including phenoxy) is 1. The van der Waals surface area contributed by atoms with E-state index in [-0.39, 0.29) is 41.4 Å². The number of hydrogen-bond donors (Lipinski definition) is 3. The van der Waals surface area contributed by atoms with Crippen molar-refractivity contribution in [2.75, 3.05) is 38.2 Å². The molecule has 1 amide bonds. The minimum absolute atomic E-state index is 0. The maximum absolute atomic E-state index is 11.6. The molecule has 1 atom stereocenters. The lowest BCUT2D eigenvalue weighted by Gasteiger charge is -2.33. The van der Waals surface area contributed by atoms with Crippen LogP contribution >= 0.6 is 24.0 Å². The summed E-state index contributed by atoms with van der Waals surface area (Å²) in [6, 6.07) is 3.95. The van der Waals surface area contributed by atoms with Crippen molar-refractivity contribution >= 4 is 41.7 Å². The maximum Gasteiger partial charge on any atom is 0.222 e. The molecule has 164 valence electrons. The average Bonchev–Trinajstić information content (AvgIpc) is 2.70. The number of hydrogen-bond acceptors (Lipinski definition) is 5. The van der Waals surface area contributed by atoms with Crippen molar-refractivity contribution in [1.82, 2.24) is 15.6 Å². The SMILES string of the molecule is CCNC(=NCc1cccnc1N1CCCC(C(N)=O)C1)NCC(C)(C)OC.I. The molecule has 9 heteroatoms. The molecule has 2 rings (SSSR count). The lowest BCUT2D eigenvalue weighted by Crippen LogP contribution is -2.45. The van der Waals surface area contributed by atoms with E-state index in [4.69, 9.17) is 15.5 Å². The van der Waals surface area contributed by atoms with Gasteiger partial charge in [0.1, 0.15) is 5.82 Å². The lowest BCUT2D eigenvalue weighted by atomic mass is 9.97. The van der Waals surface area contributed by atoms with Crippen LogP contribution in [0.1, 0.15) is 39.2 Å². The summed E-state index contributed by atoms with van der Waals surface area (Å²) in [7, 11) is 1.70. The zero-order valence-electron chi connectivity index (χ0n) is 17.9. The Bertz CT molecular complexity index is 683. The van der Waals surface area contributed by atoms with Crippen molar-refractivity contribution in [3.63, 3.8) is 0 Å². The minimum Gasteiger partial charge on any atom is -0.377 e. The van der Waals surface area contributed by atoms with Crippen LogP contribution in [0.4, 0.5) is 5.82 Å². The van der Waals surface area contributed by atoms with E-state index in [1.165, 1.54) is 0 Å². The summed E-state index contributed by atoms with van der Waals surface area (Å²) in [5, 5.41) is 6.58. The van der Waals surface area contributed by atoms with E-state index in [1.54, 1.807) is 13.3 Å². The number of carbonyl (C=O) groups is 1. The van der Waals surface area contributed by atoms with Crippen LogP contribution in [0.25, 0.3) is 0 Å². The smallest absolute Gasteiger partial charge is 0.222 e. The number of rotatable bonds is 8. The number of halogens is 1. The highest BCUT2D eigenvalue weighted by Gasteiger charge is 2.26. The molecule has 1 aromatic heterocycles. The monoisotopic (exact) mass is 518 g/mol. The topological polar surface area (TPSA) is 105 Å². The van der Waals surface area contributed by atoms with E-state index in [0.717, 1.165) is 43.3 Å². The van der Waals surface area contributed by atoms with Crippen molar-refractivity contribution in [2.45, 2.75) is 45.8 Å². The molecular weight excluding hydrogens is 483 g/mol. The molecule has 0 saturated carbocycles. The number of nitrogens with zero attached hydrogens (tertiary/aromatic N) is 3. The number of aliphatic imine (C=N–C) groups is 1. The predicted molar refractivity (Wildman–Crippen MR) is 128 cm³/mol. The summed E-state index contributed by atoms with van der Waals surface area (Å²) in [4.78, 5) is 23.0. The third-order valence-corrected chi connectivity index (χ3v) is 4.98. The van der Waals surface area contributed by atoms with Crippen LogP contribution in [0.3, 0.4) is 0 Å². The first kappa shape index (κ1) is 25.4. The van der Waals surface area contributed by atoms with Gasteiger partial charge in [-0.2, -0.15) is 0 Å². The molecule has 2 heterocycles. The summed E-state index contributed by atoms with van der Waals surface area (Å²) in [6.45, 7) is 9.46. The zero-order valence-corrected chi connectivity index (χ0v) is 20.2. The third-order valence-electron chi connectivity index (χ3n) is 4.98. The Morgan fingerprint density at radius 3 is 2.86 bits per heavy atom. The van der Waals surface area contributed by atoms with Crippen LogP contribution in [-0.4, -0.2) is 55.7 Å². The van der Waals surface area contributed by atoms with Gasteiger partial charge < -0.3 is 26.0 Å². The fourth-order valence-corrected chi connectivity index (χ4v) is 3.11. The lowest BCUT2D eigenvalue weighted by molar-refractivity contribution is -0.122. The molecule has 4 N–H and O–H groups in total. The third kappa shape index (κ3) is 7.96. The molecule has 0 aliphatic carbocycles. The highest BCUT2D eigenvalue weighted by Crippen LogP contribution is 2.24. The summed E-state index contributed by atoms with van der Waals surface area (Å²) in [5.41, 5.74) is 6.26. The standard InChI is InChI=1S/C20H34N6O2.HI/c1-5-22-19(25-14-20(2,3)28-4)24-12-15-8-6-10-23-18(15)26-11-7-9-16(13-26)17(21)27;/h6,8,10,16H,5,7,9,11-14H2,1-4H3,(H2,21,27)(H2,22,24,25);1H. The molecular formula is C20H35IN6O2. The van der Waals surface area contributed by atoms with Gasteiger partial charge in [0.2, 0.25) is 5.91 Å². The quantitative estimate of drug-likeness (QED) is 0.276. The van der Waals surface area contributed by atoms with Gasteiger partial charge in [-0.3, -0.25) is 4.79 Å². The Morgan fingerprint density at radius 1 is 1.45 bits per heavy atom. The van der Waals surface area contributed by atoms with Gasteiger partial charge in [0.15, 0.2) is 5.96 Å². The first-order chi connectivity index (χ1) is 13.4. The Balaban J connectivity index is 0.00000420. The summed E-state index contributed by atoms with van der Waals surface area (Å²) in [6.07, 6.45) is 3.56. The van der Waals surface area contributed by atoms with Crippen LogP contribution in [0.2, 0.25) is 0 Å². The maximum atomic E-state index is 11.6. The molecule has 1 saturated heterocycles. The van der Waals surface area contributed by atoms with E-state index in [1.807, 2.05) is 32.9 Å². The van der Waals surface area contributed by atoms with Crippen LogP contribution in [0.5, 0.6) is 0 Å². The number of anilines is 1. The normalized spacial score (nSPS) is 17.4. The molecule has 8 nitrogen and oxygen atoms in total. The molecule has 1 aliphatic heterocycles. The van der Waals surface area contributed by atoms with Crippen LogP contribution < -0.4 is 21.3 Å². The van der Waals surface area contributed by atoms with Crippen LogP contribution in [0.15, 0.2) is 23.3 Å². The second-order valence-corrected chi connectivity index (χ2v) is 7.69. The highest BCUT2D eigenvalue weighted by molar-refractivity contribution is 14.0. The molecule has 1 unspecified atom stereocenters. The number of nitrogens with two attached hydrogens (primary N) is 1. The second kappa shape index (κ2) is 12.2. The van der Waals surface area contributed by atoms with Gasteiger partial charge in [-0.15, -0.1) is 24.0 Å². The molecule has 0 radical (unpaired) electrons. The van der Waals surface area contributed by atoms with Gasteiger partial charge in [0, 0.05) is 45.0 Å². The molecule has 29 heavy (non-hydrogen) atoms. The molecule has 1 aromatic rings. The van der Waals surface area contributed by atoms with E-state index in [0.29, 0.717) is 19.6 Å². The Morgan fingerprint density at radius 2 is 2.21 bits per heavy atom. The van der Waals surface area contributed by atoms with Crippen LogP contribution in [0, 0.1) is 5.92 Å².